The van der Waals surface area contributed by atoms with E-state index >= 15 is 0 Å². The molecule has 0 fully saturated rings. The van der Waals surface area contributed by atoms with Crippen molar-refractivity contribution in [2.75, 3.05) is 10.6 Å². The topological polar surface area (TPSA) is 63.4 Å². The Kier molecular flexibility index (Phi) is 1.81. The number of anilines is 2. The Morgan fingerprint density at radius 2 is 1.71 bits per heavy atom. The fraction of sp³-hybridized carbons (Fsp3) is 0. The van der Waals surface area contributed by atoms with Gasteiger partial charge in [0.05, 0.1) is 5.69 Å². The first-order chi connectivity index (χ1) is 6.68. The van der Waals surface area contributed by atoms with Crippen molar-refractivity contribution in [1.82, 2.24) is 0 Å². The second kappa shape index (κ2) is 2.99. The summed E-state index contributed by atoms with van der Waals surface area (Å²) >= 11 is 0. The van der Waals surface area contributed by atoms with Crippen molar-refractivity contribution >= 4 is 23.2 Å². The molecule has 70 valence electrons. The van der Waals surface area contributed by atoms with Crippen LogP contribution in [0.3, 0.4) is 0 Å². The van der Waals surface area contributed by atoms with E-state index in [2.05, 4.69) is 0 Å². The van der Waals surface area contributed by atoms with Crippen LogP contribution in [0.1, 0.15) is 0 Å². The van der Waals surface area contributed by atoms with Crippen LogP contribution in [-0.2, 0) is 9.59 Å². The standard InChI is InChI=1S/C10H8N2O2/c11-7-2-1-3-8(6-7)12-9(13)4-5-10(12)14/h1-6H,11H2. The Hall–Kier alpha value is -2.10. The maximum atomic E-state index is 11.3. The smallest absolute Gasteiger partial charge is 0.258 e. The molecule has 0 radical (unpaired) electrons. The maximum absolute atomic E-state index is 11.3. The lowest BCUT2D eigenvalue weighted by atomic mass is 10.2. The first kappa shape index (κ1) is 8.50. The summed E-state index contributed by atoms with van der Waals surface area (Å²) in [5, 5.41) is 0. The quantitative estimate of drug-likeness (QED) is 0.521. The third-order valence-corrected chi connectivity index (χ3v) is 1.94. The predicted octanol–water partition coefficient (Wildman–Crippen LogP) is 0.698. The zero-order valence-electron chi connectivity index (χ0n) is 7.31. The lowest BCUT2D eigenvalue weighted by molar-refractivity contribution is -0.119. The lowest BCUT2D eigenvalue weighted by Gasteiger charge is -2.13. The minimum Gasteiger partial charge on any atom is -0.399 e. The molecule has 1 heterocycles. The molecular weight excluding hydrogens is 180 g/mol. The average Bonchev–Trinajstić information content (AvgIpc) is 2.46. The van der Waals surface area contributed by atoms with Crippen molar-refractivity contribution < 1.29 is 9.59 Å². The number of carbonyl (C=O) groups is 2. The van der Waals surface area contributed by atoms with Gasteiger partial charge in [0.25, 0.3) is 11.8 Å². The summed E-state index contributed by atoms with van der Waals surface area (Å²) in [6.45, 7) is 0. The van der Waals surface area contributed by atoms with E-state index in [4.69, 9.17) is 5.73 Å². The summed E-state index contributed by atoms with van der Waals surface area (Å²) < 4.78 is 0. The van der Waals surface area contributed by atoms with Gasteiger partial charge in [-0.15, -0.1) is 0 Å². The molecule has 0 saturated heterocycles. The maximum Gasteiger partial charge on any atom is 0.258 e. The van der Waals surface area contributed by atoms with Gasteiger partial charge in [-0.2, -0.15) is 0 Å². The normalized spacial score (nSPS) is 15.3. The molecule has 2 rings (SSSR count). The Labute approximate surface area is 80.6 Å². The summed E-state index contributed by atoms with van der Waals surface area (Å²) in [7, 11) is 0. The van der Waals surface area contributed by atoms with Gasteiger partial charge in [-0.3, -0.25) is 9.59 Å². The van der Waals surface area contributed by atoms with Crippen LogP contribution in [0, 0.1) is 0 Å². The summed E-state index contributed by atoms with van der Waals surface area (Å²) in [6, 6.07) is 6.65. The first-order valence-electron chi connectivity index (χ1n) is 4.10. The third kappa shape index (κ3) is 1.26. The highest BCUT2D eigenvalue weighted by molar-refractivity contribution is 6.28. The Balaban J connectivity index is 2.41. The molecule has 0 bridgehead atoms. The number of benzene rings is 1. The highest BCUT2D eigenvalue weighted by Crippen LogP contribution is 2.20. The molecule has 4 heteroatoms. The number of hydrogen-bond acceptors (Lipinski definition) is 3. The Morgan fingerprint density at radius 1 is 1.07 bits per heavy atom. The SMILES string of the molecule is Nc1cccc(N2C(=O)C=CC2=O)c1. The molecule has 2 N–H and O–H groups in total. The number of nitrogen functional groups attached to an aromatic ring is 1. The van der Waals surface area contributed by atoms with E-state index in [1.54, 1.807) is 24.3 Å². The monoisotopic (exact) mass is 188 g/mol. The fourth-order valence-corrected chi connectivity index (χ4v) is 1.32. The van der Waals surface area contributed by atoms with Crippen LogP contribution in [-0.4, -0.2) is 11.8 Å². The summed E-state index contributed by atoms with van der Waals surface area (Å²) in [4.78, 5) is 23.6. The molecule has 1 aromatic carbocycles. The molecule has 0 saturated carbocycles. The van der Waals surface area contributed by atoms with E-state index in [0.717, 1.165) is 4.90 Å². The van der Waals surface area contributed by atoms with Gasteiger partial charge in [-0.1, -0.05) is 6.07 Å². The van der Waals surface area contributed by atoms with Gasteiger partial charge >= 0.3 is 0 Å². The molecule has 1 aliphatic heterocycles. The summed E-state index contributed by atoms with van der Waals surface area (Å²) in [5.74, 6) is -0.666. The molecule has 0 aromatic heterocycles. The van der Waals surface area contributed by atoms with Gasteiger partial charge in [-0.05, 0) is 18.2 Å². The van der Waals surface area contributed by atoms with E-state index in [1.807, 2.05) is 0 Å². The molecule has 0 unspecified atom stereocenters. The van der Waals surface area contributed by atoms with Crippen molar-refractivity contribution in [3.63, 3.8) is 0 Å². The molecule has 14 heavy (non-hydrogen) atoms. The van der Waals surface area contributed by atoms with Crippen LogP contribution in [0.5, 0.6) is 0 Å². The number of rotatable bonds is 1. The average molecular weight is 188 g/mol. The van der Waals surface area contributed by atoms with Crippen molar-refractivity contribution in [1.29, 1.82) is 0 Å². The van der Waals surface area contributed by atoms with E-state index in [0.29, 0.717) is 11.4 Å². The van der Waals surface area contributed by atoms with Crippen LogP contribution in [0.2, 0.25) is 0 Å². The zero-order chi connectivity index (χ0) is 10.1. The van der Waals surface area contributed by atoms with E-state index in [1.165, 1.54) is 12.2 Å². The van der Waals surface area contributed by atoms with Crippen LogP contribution in [0.25, 0.3) is 0 Å². The third-order valence-electron chi connectivity index (χ3n) is 1.94. The second-order valence-electron chi connectivity index (χ2n) is 2.94. The molecular formula is C10H8N2O2. The number of nitrogens with two attached hydrogens (primary N) is 1. The number of hydrogen-bond donors (Lipinski definition) is 1. The van der Waals surface area contributed by atoms with Crippen molar-refractivity contribution in [3.05, 3.63) is 36.4 Å². The molecule has 1 aromatic rings. The summed E-state index contributed by atoms with van der Waals surface area (Å²) in [5.41, 5.74) is 6.58. The zero-order valence-corrected chi connectivity index (χ0v) is 7.31. The fourth-order valence-electron chi connectivity index (χ4n) is 1.32. The van der Waals surface area contributed by atoms with E-state index in [9.17, 15) is 9.59 Å². The number of nitrogens with zero attached hydrogens (tertiary/aromatic N) is 1. The minimum absolute atomic E-state index is 0.333. The molecule has 0 aliphatic carbocycles. The lowest BCUT2D eigenvalue weighted by Crippen LogP contribution is -2.29. The van der Waals surface area contributed by atoms with Crippen molar-refractivity contribution in [2.24, 2.45) is 0 Å². The largest absolute Gasteiger partial charge is 0.399 e. The van der Waals surface area contributed by atoms with Gasteiger partial charge in [0.15, 0.2) is 0 Å². The van der Waals surface area contributed by atoms with Gasteiger partial charge in [-0.25, -0.2) is 4.90 Å². The van der Waals surface area contributed by atoms with Crippen LogP contribution in [0.4, 0.5) is 11.4 Å². The number of amides is 2. The van der Waals surface area contributed by atoms with Crippen LogP contribution >= 0.6 is 0 Å². The predicted molar refractivity (Wildman–Crippen MR) is 52.5 cm³/mol. The second-order valence-corrected chi connectivity index (χ2v) is 2.94. The van der Waals surface area contributed by atoms with E-state index < -0.39 is 0 Å². The summed E-state index contributed by atoms with van der Waals surface area (Å²) in [6.07, 6.45) is 2.48. The Morgan fingerprint density at radius 3 is 2.29 bits per heavy atom. The molecule has 0 spiro atoms. The first-order valence-corrected chi connectivity index (χ1v) is 4.10. The molecule has 4 nitrogen and oxygen atoms in total. The van der Waals surface area contributed by atoms with Gasteiger partial charge < -0.3 is 5.73 Å². The minimum atomic E-state index is -0.333. The van der Waals surface area contributed by atoms with Crippen molar-refractivity contribution in [2.45, 2.75) is 0 Å². The van der Waals surface area contributed by atoms with Crippen molar-refractivity contribution in [3.8, 4) is 0 Å². The van der Waals surface area contributed by atoms with Crippen LogP contribution in [0.15, 0.2) is 36.4 Å². The number of imide groups is 1. The molecule has 1 aliphatic rings. The van der Waals surface area contributed by atoms with Gasteiger partial charge in [0.2, 0.25) is 0 Å². The van der Waals surface area contributed by atoms with Gasteiger partial charge in [0, 0.05) is 17.8 Å². The van der Waals surface area contributed by atoms with Gasteiger partial charge in [0.1, 0.15) is 0 Å². The number of carbonyl (C=O) groups excluding carboxylic acids is 2. The highest BCUT2D eigenvalue weighted by Gasteiger charge is 2.24. The highest BCUT2D eigenvalue weighted by atomic mass is 16.2. The Bertz CT molecular complexity index is 420. The molecule has 2 amide bonds. The molecule has 0 atom stereocenters. The van der Waals surface area contributed by atoms with Crippen LogP contribution < -0.4 is 10.6 Å². The van der Waals surface area contributed by atoms with E-state index in [-0.39, 0.29) is 11.8 Å².